The van der Waals surface area contributed by atoms with Gasteiger partial charge in [0.15, 0.2) is 10.4 Å². The van der Waals surface area contributed by atoms with E-state index in [-0.39, 0.29) is 30.7 Å². The van der Waals surface area contributed by atoms with E-state index in [9.17, 15) is 14.4 Å². The topological polar surface area (TPSA) is 91.7 Å². The lowest BCUT2D eigenvalue weighted by Crippen LogP contribution is -2.45. The van der Waals surface area contributed by atoms with Gasteiger partial charge in [0.2, 0.25) is 11.8 Å². The van der Waals surface area contributed by atoms with Crippen LogP contribution in [0.4, 0.5) is 0 Å². The largest absolute Gasteiger partial charge is 0.444 e. The molecular weight excluding hydrogens is 342 g/mol. The molecule has 7 nitrogen and oxygen atoms in total. The summed E-state index contributed by atoms with van der Waals surface area (Å²) in [5.41, 5.74) is 0. The Morgan fingerprint density at radius 3 is 2.48 bits per heavy atom. The fraction of sp³-hybridized carbons (Fsp3) is 0.462. The first-order valence-corrected chi connectivity index (χ1v) is 7.35. The minimum Gasteiger partial charge on any atom is -0.444 e. The number of likely N-dealkylation sites (N-methyl/N-ethyl adjacent to an activating group) is 2. The Labute approximate surface area is 131 Å². The fourth-order valence-corrected chi connectivity index (χ4v) is 1.90. The second kappa shape index (κ2) is 8.46. The minimum atomic E-state index is -0.483. The van der Waals surface area contributed by atoms with Crippen molar-refractivity contribution in [3.05, 3.63) is 22.6 Å². The molecule has 0 aromatic carbocycles. The average Bonchev–Trinajstić information content (AvgIpc) is 2.88. The van der Waals surface area contributed by atoms with E-state index >= 15 is 0 Å². The van der Waals surface area contributed by atoms with Crippen LogP contribution in [-0.4, -0.2) is 48.8 Å². The number of halogens is 1. The number of nitrogens with zero attached hydrogens (tertiary/aromatic N) is 1. The van der Waals surface area contributed by atoms with Crippen molar-refractivity contribution in [1.82, 2.24) is 15.5 Å². The number of carbonyl (C=O) groups is 3. The van der Waals surface area contributed by atoms with Crippen molar-refractivity contribution in [3.63, 3.8) is 0 Å². The molecule has 0 aliphatic carbocycles. The second-order valence-corrected chi connectivity index (χ2v) is 4.93. The molecule has 0 saturated carbocycles. The summed E-state index contributed by atoms with van der Waals surface area (Å²) in [6, 6.07) is 3.08. The molecule has 1 rings (SSSR count). The van der Waals surface area contributed by atoms with Crippen molar-refractivity contribution in [2.45, 2.75) is 13.8 Å². The molecule has 0 fully saturated rings. The number of hydrogen-bond donors (Lipinski definition) is 2. The fourth-order valence-electron chi connectivity index (χ4n) is 1.59. The van der Waals surface area contributed by atoms with Gasteiger partial charge < -0.3 is 20.0 Å². The standard InChI is InChI=1S/C13H18BrN3O4/c1-3-15-11(18)8-17(4-2)12(19)7-16-13(20)9-5-6-10(14)21-9/h5-6H,3-4,7-8H2,1-2H3,(H,15,18)(H,16,20). The number of furan rings is 1. The monoisotopic (exact) mass is 359 g/mol. The van der Waals surface area contributed by atoms with Crippen LogP contribution in [0.15, 0.2) is 21.2 Å². The Morgan fingerprint density at radius 2 is 1.95 bits per heavy atom. The van der Waals surface area contributed by atoms with Gasteiger partial charge in [0.25, 0.3) is 5.91 Å². The number of carbonyl (C=O) groups excluding carboxylic acids is 3. The van der Waals surface area contributed by atoms with Crippen LogP contribution < -0.4 is 10.6 Å². The van der Waals surface area contributed by atoms with Crippen molar-refractivity contribution in [2.24, 2.45) is 0 Å². The number of hydrogen-bond acceptors (Lipinski definition) is 4. The van der Waals surface area contributed by atoms with Crippen LogP contribution in [0, 0.1) is 0 Å². The highest BCUT2D eigenvalue weighted by molar-refractivity contribution is 9.10. The number of amides is 3. The molecule has 0 atom stereocenters. The van der Waals surface area contributed by atoms with E-state index in [0.29, 0.717) is 17.8 Å². The van der Waals surface area contributed by atoms with E-state index < -0.39 is 5.91 Å². The molecule has 0 spiro atoms. The number of rotatable bonds is 7. The first-order chi connectivity index (χ1) is 9.97. The van der Waals surface area contributed by atoms with E-state index in [4.69, 9.17) is 4.42 Å². The first-order valence-electron chi connectivity index (χ1n) is 6.55. The van der Waals surface area contributed by atoms with E-state index in [0.717, 1.165) is 0 Å². The van der Waals surface area contributed by atoms with Crippen LogP contribution in [-0.2, 0) is 9.59 Å². The summed E-state index contributed by atoms with van der Waals surface area (Å²) in [5, 5.41) is 5.07. The molecule has 0 aliphatic rings. The lowest BCUT2D eigenvalue weighted by Gasteiger charge is -2.20. The third kappa shape index (κ3) is 5.58. The van der Waals surface area contributed by atoms with Crippen LogP contribution in [0.1, 0.15) is 24.4 Å². The molecule has 0 radical (unpaired) electrons. The quantitative estimate of drug-likeness (QED) is 0.751. The highest BCUT2D eigenvalue weighted by Crippen LogP contribution is 2.13. The highest BCUT2D eigenvalue weighted by atomic mass is 79.9. The zero-order chi connectivity index (χ0) is 15.8. The molecule has 2 N–H and O–H groups in total. The molecule has 0 aliphatic heterocycles. The smallest absolute Gasteiger partial charge is 0.287 e. The third-order valence-corrected chi connectivity index (χ3v) is 3.07. The molecule has 1 aromatic rings. The Kier molecular flexibility index (Phi) is 6.93. The zero-order valence-electron chi connectivity index (χ0n) is 11.9. The first kappa shape index (κ1) is 17.2. The molecule has 0 saturated heterocycles. The summed E-state index contributed by atoms with van der Waals surface area (Å²) in [5.74, 6) is -0.929. The molecule has 0 bridgehead atoms. The van der Waals surface area contributed by atoms with Crippen LogP contribution >= 0.6 is 15.9 Å². The van der Waals surface area contributed by atoms with Gasteiger partial charge in [-0.1, -0.05) is 0 Å². The normalized spacial score (nSPS) is 10.0. The highest BCUT2D eigenvalue weighted by Gasteiger charge is 2.17. The van der Waals surface area contributed by atoms with Crippen molar-refractivity contribution < 1.29 is 18.8 Å². The van der Waals surface area contributed by atoms with Crippen molar-refractivity contribution >= 4 is 33.7 Å². The van der Waals surface area contributed by atoms with Gasteiger partial charge >= 0.3 is 0 Å². The maximum atomic E-state index is 11.9. The Balaban J connectivity index is 2.47. The van der Waals surface area contributed by atoms with Crippen LogP contribution in [0.25, 0.3) is 0 Å². The van der Waals surface area contributed by atoms with E-state index in [2.05, 4.69) is 26.6 Å². The lowest BCUT2D eigenvalue weighted by atomic mass is 10.4. The van der Waals surface area contributed by atoms with Gasteiger partial charge in [0.05, 0.1) is 13.1 Å². The maximum Gasteiger partial charge on any atom is 0.287 e. The van der Waals surface area contributed by atoms with Gasteiger partial charge in [-0.05, 0) is 41.9 Å². The van der Waals surface area contributed by atoms with Crippen molar-refractivity contribution in [1.29, 1.82) is 0 Å². The predicted molar refractivity (Wildman–Crippen MR) is 79.7 cm³/mol. The molecule has 21 heavy (non-hydrogen) atoms. The molecule has 3 amide bonds. The minimum absolute atomic E-state index is 0.0225. The summed E-state index contributed by atoms with van der Waals surface area (Å²) in [6.07, 6.45) is 0. The molecule has 1 aromatic heterocycles. The molecule has 116 valence electrons. The SMILES string of the molecule is CCNC(=O)CN(CC)C(=O)CNC(=O)c1ccc(Br)o1. The third-order valence-electron chi connectivity index (χ3n) is 2.64. The maximum absolute atomic E-state index is 11.9. The zero-order valence-corrected chi connectivity index (χ0v) is 13.5. The summed E-state index contributed by atoms with van der Waals surface area (Å²) in [7, 11) is 0. The summed E-state index contributed by atoms with van der Waals surface area (Å²) < 4.78 is 5.51. The number of nitrogens with one attached hydrogen (secondary N) is 2. The molecule has 0 unspecified atom stereocenters. The van der Waals surface area contributed by atoms with Crippen LogP contribution in [0.2, 0.25) is 0 Å². The van der Waals surface area contributed by atoms with Crippen molar-refractivity contribution in [2.75, 3.05) is 26.2 Å². The van der Waals surface area contributed by atoms with Gasteiger partial charge in [-0.15, -0.1) is 0 Å². The van der Waals surface area contributed by atoms with Gasteiger partial charge in [-0.25, -0.2) is 0 Å². The van der Waals surface area contributed by atoms with E-state index in [1.165, 1.54) is 11.0 Å². The van der Waals surface area contributed by atoms with Crippen molar-refractivity contribution in [3.8, 4) is 0 Å². The summed E-state index contributed by atoms with van der Waals surface area (Å²) in [4.78, 5) is 36.5. The molecule has 1 heterocycles. The van der Waals surface area contributed by atoms with Gasteiger partial charge in [0.1, 0.15) is 0 Å². The molecule has 8 heteroatoms. The lowest BCUT2D eigenvalue weighted by molar-refractivity contribution is -0.135. The summed E-state index contributed by atoms with van der Waals surface area (Å²) >= 11 is 3.09. The summed E-state index contributed by atoms with van der Waals surface area (Å²) in [6.45, 7) is 4.25. The van der Waals surface area contributed by atoms with Crippen LogP contribution in [0.3, 0.4) is 0 Å². The Bertz CT molecular complexity index is 515. The van der Waals surface area contributed by atoms with Crippen LogP contribution in [0.5, 0.6) is 0 Å². The Hall–Kier alpha value is -1.83. The average molecular weight is 360 g/mol. The van der Waals surface area contributed by atoms with E-state index in [1.54, 1.807) is 19.9 Å². The van der Waals surface area contributed by atoms with E-state index in [1.807, 2.05) is 0 Å². The Morgan fingerprint density at radius 1 is 1.24 bits per heavy atom. The van der Waals surface area contributed by atoms with Gasteiger partial charge in [-0.3, -0.25) is 14.4 Å². The van der Waals surface area contributed by atoms with Gasteiger partial charge in [0, 0.05) is 13.1 Å². The second-order valence-electron chi connectivity index (χ2n) is 4.15. The predicted octanol–water partition coefficient (Wildman–Crippen LogP) is 0.756. The molecular formula is C13H18BrN3O4. The van der Waals surface area contributed by atoms with Gasteiger partial charge in [-0.2, -0.15) is 0 Å².